The largest absolute Gasteiger partial charge is 0.351 e. The molecule has 0 bridgehead atoms. The quantitative estimate of drug-likeness (QED) is 0.277. The fourth-order valence-corrected chi connectivity index (χ4v) is 6.47. The normalized spacial score (nSPS) is 18.0. The molecule has 1 aliphatic carbocycles. The maximum atomic E-state index is 13.6. The van der Waals surface area contributed by atoms with Crippen molar-refractivity contribution in [2.24, 2.45) is 5.73 Å². The highest BCUT2D eigenvalue weighted by Gasteiger charge is 2.38. The first-order valence-corrected chi connectivity index (χ1v) is 14.5. The highest BCUT2D eigenvalue weighted by molar-refractivity contribution is 7.90. The monoisotopic (exact) mass is 588 g/mol. The maximum Gasteiger partial charge on any atom is 0.336 e. The molecule has 9 nitrogen and oxygen atoms in total. The number of nitrogens with two attached hydrogens (primary N) is 1. The zero-order chi connectivity index (χ0) is 28.5. The van der Waals surface area contributed by atoms with Gasteiger partial charge >= 0.3 is 5.92 Å². The molecule has 40 heavy (non-hydrogen) atoms. The molecule has 2 heterocycles. The van der Waals surface area contributed by atoms with Crippen molar-refractivity contribution in [3.8, 4) is 11.3 Å². The minimum atomic E-state index is -3.91. The van der Waals surface area contributed by atoms with Gasteiger partial charge in [-0.15, -0.1) is 0 Å². The van der Waals surface area contributed by atoms with Gasteiger partial charge in [0.25, 0.3) is 15.9 Å². The molecule has 2 aromatic heterocycles. The average Bonchev–Trinajstić information content (AvgIpc) is 3.35. The molecule has 210 valence electrons. The zero-order valence-electron chi connectivity index (χ0n) is 21.2. The van der Waals surface area contributed by atoms with Crippen molar-refractivity contribution in [3.63, 3.8) is 0 Å². The summed E-state index contributed by atoms with van der Waals surface area (Å²) < 4.78 is 55.5. The number of rotatable bonds is 8. The summed E-state index contributed by atoms with van der Waals surface area (Å²) in [5.74, 6) is -4.76. The molecule has 2 atom stereocenters. The molecule has 0 saturated heterocycles. The van der Waals surface area contributed by atoms with Gasteiger partial charge in [0.15, 0.2) is 0 Å². The molecule has 13 heteroatoms. The van der Waals surface area contributed by atoms with E-state index in [1.54, 1.807) is 42.5 Å². The van der Waals surface area contributed by atoms with E-state index in [2.05, 4.69) is 20.6 Å². The first-order chi connectivity index (χ1) is 19.1. The standard InChI is InChI=1S/C27H27ClF2N6O3S/c28-22-14-32-26(34-18-8-6-7-17(13-18)33-25(37)27(29,30)16-31)35-24(22)21-15-36(23-12-5-4-11-20(21)23)40(38,39)19-9-2-1-3-10-19/h1-5,9-12,14-15,17-18H,6-8,13,16,31H2,(H,33,37)(H,32,34,35)/t17-,18+/m0/s1. The van der Waals surface area contributed by atoms with Gasteiger partial charge in [-0.2, -0.15) is 8.78 Å². The summed E-state index contributed by atoms with van der Waals surface area (Å²) in [7, 11) is -3.91. The Labute approximate surface area is 234 Å². The molecule has 2 aromatic carbocycles. The third kappa shape index (κ3) is 5.51. The van der Waals surface area contributed by atoms with E-state index in [1.165, 1.54) is 28.5 Å². The van der Waals surface area contributed by atoms with Gasteiger partial charge in [-0.1, -0.05) is 48.0 Å². The van der Waals surface area contributed by atoms with Crippen LogP contribution in [-0.4, -0.2) is 52.8 Å². The molecule has 1 aliphatic rings. The van der Waals surface area contributed by atoms with Crippen molar-refractivity contribution in [1.29, 1.82) is 0 Å². The Bertz CT molecular complexity index is 1650. The van der Waals surface area contributed by atoms with E-state index in [1.807, 2.05) is 0 Å². The third-order valence-corrected chi connectivity index (χ3v) is 8.87. The second kappa shape index (κ2) is 11.1. The van der Waals surface area contributed by atoms with Crippen LogP contribution in [-0.2, 0) is 14.8 Å². The minimum absolute atomic E-state index is 0.140. The van der Waals surface area contributed by atoms with Gasteiger partial charge in [0.2, 0.25) is 5.95 Å². The Morgan fingerprint density at radius 2 is 1.80 bits per heavy atom. The Balaban J connectivity index is 1.44. The van der Waals surface area contributed by atoms with Gasteiger partial charge in [0.05, 0.1) is 33.9 Å². The van der Waals surface area contributed by atoms with Crippen LogP contribution in [0.2, 0.25) is 5.02 Å². The predicted octanol–water partition coefficient (Wildman–Crippen LogP) is 4.42. The summed E-state index contributed by atoms with van der Waals surface area (Å²) in [6.07, 6.45) is 5.29. The number of fused-ring (bicyclic) bond motifs is 1. The van der Waals surface area contributed by atoms with Crippen molar-refractivity contribution >= 4 is 44.4 Å². The number of carbonyl (C=O) groups is 1. The summed E-state index contributed by atoms with van der Waals surface area (Å²) in [5.41, 5.74) is 6.32. The van der Waals surface area contributed by atoms with Crippen molar-refractivity contribution in [1.82, 2.24) is 19.3 Å². The van der Waals surface area contributed by atoms with Crippen molar-refractivity contribution in [2.75, 3.05) is 11.9 Å². The number of benzene rings is 2. The number of hydrogen-bond acceptors (Lipinski definition) is 7. The molecular formula is C27H27ClF2N6O3S. The van der Waals surface area contributed by atoms with Gasteiger partial charge in [-0.05, 0) is 43.9 Å². The Kier molecular flexibility index (Phi) is 7.76. The number of hydrogen-bond donors (Lipinski definition) is 3. The minimum Gasteiger partial charge on any atom is -0.351 e. The van der Waals surface area contributed by atoms with Crippen LogP contribution in [0.15, 0.2) is 71.9 Å². The topological polar surface area (TPSA) is 132 Å². The van der Waals surface area contributed by atoms with Crippen molar-refractivity contribution in [2.45, 2.75) is 48.6 Å². The first kappa shape index (κ1) is 27.9. The number of nitrogens with one attached hydrogen (secondary N) is 2. The number of anilines is 1. The number of para-hydroxylation sites is 1. The van der Waals surface area contributed by atoms with Crippen LogP contribution >= 0.6 is 11.6 Å². The lowest BCUT2D eigenvalue weighted by molar-refractivity contribution is -0.145. The number of nitrogens with zero attached hydrogens (tertiary/aromatic N) is 3. The van der Waals surface area contributed by atoms with Crippen LogP contribution in [0.25, 0.3) is 22.2 Å². The molecule has 1 fully saturated rings. The lowest BCUT2D eigenvalue weighted by atomic mass is 9.91. The van der Waals surface area contributed by atoms with Gasteiger partial charge < -0.3 is 16.4 Å². The van der Waals surface area contributed by atoms with Gasteiger partial charge in [-0.3, -0.25) is 4.79 Å². The number of aromatic nitrogens is 3. The van der Waals surface area contributed by atoms with Crippen LogP contribution in [0.4, 0.5) is 14.7 Å². The molecule has 4 N–H and O–H groups in total. The zero-order valence-corrected chi connectivity index (χ0v) is 22.8. The Morgan fingerprint density at radius 3 is 2.55 bits per heavy atom. The summed E-state index contributed by atoms with van der Waals surface area (Å²) in [6.45, 7) is -1.06. The fourth-order valence-electron chi connectivity index (χ4n) is 4.89. The fraction of sp³-hybridized carbons (Fsp3) is 0.296. The van der Waals surface area contributed by atoms with Crippen LogP contribution < -0.4 is 16.4 Å². The van der Waals surface area contributed by atoms with E-state index in [4.69, 9.17) is 17.3 Å². The molecule has 1 saturated carbocycles. The van der Waals surface area contributed by atoms with E-state index >= 15 is 0 Å². The third-order valence-electron chi connectivity index (χ3n) is 6.91. The number of amides is 1. The number of carbonyl (C=O) groups excluding carboxylic acids is 1. The molecule has 0 radical (unpaired) electrons. The summed E-state index contributed by atoms with van der Waals surface area (Å²) in [6, 6.07) is 14.5. The second-order valence-corrected chi connectivity index (χ2v) is 11.9. The van der Waals surface area contributed by atoms with Crippen LogP contribution in [0.1, 0.15) is 25.7 Å². The van der Waals surface area contributed by atoms with Gasteiger partial charge in [-0.25, -0.2) is 22.4 Å². The highest BCUT2D eigenvalue weighted by Crippen LogP contribution is 2.36. The Hall–Kier alpha value is -3.61. The second-order valence-electron chi connectivity index (χ2n) is 9.65. The van der Waals surface area contributed by atoms with Crippen molar-refractivity contribution < 1.29 is 22.0 Å². The average molecular weight is 589 g/mol. The van der Waals surface area contributed by atoms with Gasteiger partial charge in [0, 0.05) is 29.2 Å². The number of halogens is 3. The molecule has 0 aliphatic heterocycles. The SMILES string of the molecule is NCC(F)(F)C(=O)N[C@H]1CCC[C@@H](Nc2ncc(Cl)c(-c3cn(S(=O)(=O)c4ccccc4)c4ccccc34)n2)C1. The van der Waals surface area contributed by atoms with E-state index in [0.717, 1.165) is 6.42 Å². The molecule has 1 amide bonds. The molecular weight excluding hydrogens is 562 g/mol. The predicted molar refractivity (Wildman–Crippen MR) is 149 cm³/mol. The summed E-state index contributed by atoms with van der Waals surface area (Å²) in [4.78, 5) is 20.9. The highest BCUT2D eigenvalue weighted by atomic mass is 35.5. The maximum absolute atomic E-state index is 13.6. The van der Waals surface area contributed by atoms with Gasteiger partial charge in [0.1, 0.15) is 0 Å². The summed E-state index contributed by atoms with van der Waals surface area (Å²) in [5, 5.41) is 6.47. The van der Waals surface area contributed by atoms with E-state index in [0.29, 0.717) is 41.4 Å². The lowest BCUT2D eigenvalue weighted by Crippen LogP contribution is -2.51. The molecule has 4 aromatic rings. The first-order valence-electron chi connectivity index (χ1n) is 12.7. The number of alkyl halides is 2. The molecule has 0 unspecified atom stereocenters. The molecule has 0 spiro atoms. The Morgan fingerprint density at radius 1 is 1.10 bits per heavy atom. The van der Waals surface area contributed by atoms with Crippen molar-refractivity contribution in [3.05, 3.63) is 72.0 Å². The van der Waals surface area contributed by atoms with Crippen LogP contribution in [0.3, 0.4) is 0 Å². The summed E-state index contributed by atoms with van der Waals surface area (Å²) >= 11 is 6.51. The smallest absolute Gasteiger partial charge is 0.336 e. The van der Waals surface area contributed by atoms with E-state index < -0.39 is 34.4 Å². The molecule has 5 rings (SSSR count). The van der Waals surface area contributed by atoms with Crippen LogP contribution in [0.5, 0.6) is 0 Å². The van der Waals surface area contributed by atoms with E-state index in [9.17, 15) is 22.0 Å². The van der Waals surface area contributed by atoms with E-state index in [-0.39, 0.29) is 21.9 Å². The lowest BCUT2D eigenvalue weighted by Gasteiger charge is -2.31. The van der Waals surface area contributed by atoms with Crippen LogP contribution in [0, 0.1) is 0 Å².